The zero-order valence-corrected chi connectivity index (χ0v) is 17.2. The monoisotopic (exact) mass is 490 g/mol. The van der Waals surface area contributed by atoms with E-state index in [-0.39, 0.29) is 31.4 Å². The molecule has 1 atom stereocenters. The highest BCUT2D eigenvalue weighted by Crippen LogP contribution is 2.35. The molecule has 1 aliphatic heterocycles. The molecule has 3 aromatic rings. The number of carbonyl (C=O) groups is 1. The molecule has 14 heteroatoms. The van der Waals surface area contributed by atoms with Crippen LogP contribution in [0.2, 0.25) is 0 Å². The van der Waals surface area contributed by atoms with E-state index in [0.717, 1.165) is 0 Å². The van der Waals surface area contributed by atoms with Crippen LogP contribution < -0.4 is 11.1 Å². The van der Waals surface area contributed by atoms with Gasteiger partial charge in [0.15, 0.2) is 17.0 Å². The van der Waals surface area contributed by atoms with Crippen LogP contribution in [0.15, 0.2) is 36.4 Å². The summed E-state index contributed by atoms with van der Waals surface area (Å²) in [5.74, 6) is -1.45. The van der Waals surface area contributed by atoms with Gasteiger partial charge in [0.1, 0.15) is 11.6 Å². The first-order valence-electron chi connectivity index (χ1n) is 9.92. The average molecular weight is 490 g/mol. The number of alkyl halides is 6. The zero-order chi connectivity index (χ0) is 24.8. The van der Waals surface area contributed by atoms with E-state index in [2.05, 4.69) is 15.4 Å². The second kappa shape index (κ2) is 8.33. The summed E-state index contributed by atoms with van der Waals surface area (Å²) < 4.78 is 93.3. The van der Waals surface area contributed by atoms with Gasteiger partial charge in [-0.25, -0.2) is 14.2 Å². The SMILES string of the molecule is NC(=O)N1CC(C(CNc2cc(C(F)(F)F)nc3cc(C(F)(F)F)nn23)c2ccc(F)cc2)C1. The topological polar surface area (TPSA) is 88.5 Å². The van der Waals surface area contributed by atoms with Gasteiger partial charge in [0.2, 0.25) is 0 Å². The van der Waals surface area contributed by atoms with Crippen LogP contribution in [0.5, 0.6) is 0 Å². The number of hydrogen-bond acceptors (Lipinski definition) is 4. The lowest BCUT2D eigenvalue weighted by atomic mass is 9.81. The molecule has 1 aromatic carbocycles. The van der Waals surface area contributed by atoms with Crippen molar-refractivity contribution in [2.75, 3.05) is 25.0 Å². The molecule has 1 unspecified atom stereocenters. The number of halogens is 7. The molecule has 0 bridgehead atoms. The Labute approximate surface area is 187 Å². The maximum Gasteiger partial charge on any atom is 0.435 e. The van der Waals surface area contributed by atoms with Crippen LogP contribution in [0.25, 0.3) is 5.65 Å². The van der Waals surface area contributed by atoms with Crippen LogP contribution in [0.4, 0.5) is 41.3 Å². The zero-order valence-electron chi connectivity index (χ0n) is 17.2. The van der Waals surface area contributed by atoms with Crippen molar-refractivity contribution in [3.05, 3.63) is 59.2 Å². The Morgan fingerprint density at radius 1 is 1.06 bits per heavy atom. The average Bonchev–Trinajstić information content (AvgIpc) is 3.14. The predicted molar refractivity (Wildman–Crippen MR) is 105 cm³/mol. The number of urea groups is 1. The highest BCUT2D eigenvalue weighted by atomic mass is 19.4. The highest BCUT2D eigenvalue weighted by molar-refractivity contribution is 5.73. The summed E-state index contributed by atoms with van der Waals surface area (Å²) in [6.45, 7) is 0.484. The Morgan fingerprint density at radius 3 is 2.24 bits per heavy atom. The van der Waals surface area contributed by atoms with E-state index in [4.69, 9.17) is 5.73 Å². The van der Waals surface area contributed by atoms with Gasteiger partial charge in [-0.05, 0) is 17.7 Å². The molecular weight excluding hydrogens is 473 g/mol. The molecule has 3 N–H and O–H groups in total. The first-order valence-corrected chi connectivity index (χ1v) is 9.92. The number of nitrogens with two attached hydrogens (primary N) is 1. The number of fused-ring (bicyclic) bond motifs is 1. The van der Waals surface area contributed by atoms with Crippen molar-refractivity contribution in [1.29, 1.82) is 0 Å². The number of aromatic nitrogens is 3. The van der Waals surface area contributed by atoms with E-state index in [0.29, 0.717) is 22.2 Å². The van der Waals surface area contributed by atoms with Gasteiger partial charge in [-0.15, -0.1) is 0 Å². The van der Waals surface area contributed by atoms with Crippen molar-refractivity contribution in [2.24, 2.45) is 11.7 Å². The van der Waals surface area contributed by atoms with Crippen molar-refractivity contribution >= 4 is 17.5 Å². The van der Waals surface area contributed by atoms with E-state index < -0.39 is 47.2 Å². The van der Waals surface area contributed by atoms with Crippen LogP contribution in [-0.4, -0.2) is 45.2 Å². The Morgan fingerprint density at radius 2 is 1.68 bits per heavy atom. The molecule has 0 aliphatic carbocycles. The number of benzene rings is 1. The van der Waals surface area contributed by atoms with Crippen LogP contribution in [0.1, 0.15) is 22.9 Å². The van der Waals surface area contributed by atoms with Crippen LogP contribution in [-0.2, 0) is 12.4 Å². The summed E-state index contributed by atoms with van der Waals surface area (Å²) in [4.78, 5) is 16.0. The van der Waals surface area contributed by atoms with Gasteiger partial charge in [0.25, 0.3) is 0 Å². The number of anilines is 1. The van der Waals surface area contributed by atoms with E-state index >= 15 is 0 Å². The fourth-order valence-electron chi connectivity index (χ4n) is 3.81. The minimum Gasteiger partial charge on any atom is -0.369 e. The molecule has 7 nitrogen and oxygen atoms in total. The third-order valence-corrected chi connectivity index (χ3v) is 5.60. The second-order valence-corrected chi connectivity index (χ2v) is 7.86. The Bertz CT molecular complexity index is 1200. The number of nitrogens with one attached hydrogen (secondary N) is 1. The predicted octanol–water partition coefficient (Wildman–Crippen LogP) is 4.11. The van der Waals surface area contributed by atoms with Gasteiger partial charge in [-0.2, -0.15) is 36.0 Å². The highest BCUT2D eigenvalue weighted by Gasteiger charge is 2.38. The lowest BCUT2D eigenvalue weighted by Gasteiger charge is -2.42. The second-order valence-electron chi connectivity index (χ2n) is 7.86. The maximum atomic E-state index is 13.4. The lowest BCUT2D eigenvalue weighted by Crippen LogP contribution is -2.54. The molecule has 0 spiro atoms. The summed E-state index contributed by atoms with van der Waals surface area (Å²) in [5.41, 5.74) is 2.45. The molecule has 1 saturated heterocycles. The van der Waals surface area contributed by atoms with Gasteiger partial charge < -0.3 is 16.0 Å². The van der Waals surface area contributed by atoms with Gasteiger partial charge >= 0.3 is 18.4 Å². The molecule has 1 aliphatic rings. The summed E-state index contributed by atoms with van der Waals surface area (Å²) in [7, 11) is 0. The number of rotatable bonds is 5. The number of nitrogens with zero attached hydrogens (tertiary/aromatic N) is 4. The fourth-order valence-corrected chi connectivity index (χ4v) is 3.81. The summed E-state index contributed by atoms with van der Waals surface area (Å²) in [6, 6.07) is 5.77. The third kappa shape index (κ3) is 4.70. The van der Waals surface area contributed by atoms with E-state index in [1.54, 1.807) is 0 Å². The maximum absolute atomic E-state index is 13.4. The number of carbonyl (C=O) groups excluding carboxylic acids is 1. The Kier molecular flexibility index (Phi) is 5.77. The fraction of sp³-hybridized carbons (Fsp3) is 0.350. The standard InChI is InChI=1S/C20H17F7N6O/c21-12-3-1-10(2-4-12)13(11-8-32(9-11)18(28)34)7-29-16-5-14(19(22,23)24)30-17-6-15(20(25,26)27)31-33(16)17/h1-6,11,13,29H,7-9H2,(H2,28,34). The van der Waals surface area contributed by atoms with Gasteiger partial charge in [-0.1, -0.05) is 12.1 Å². The van der Waals surface area contributed by atoms with Gasteiger partial charge in [0.05, 0.1) is 0 Å². The smallest absolute Gasteiger partial charge is 0.369 e. The molecule has 3 heterocycles. The van der Waals surface area contributed by atoms with E-state index in [9.17, 15) is 35.5 Å². The molecule has 2 aromatic heterocycles. The number of likely N-dealkylation sites (tertiary alicyclic amines) is 1. The van der Waals surface area contributed by atoms with Crippen LogP contribution in [0, 0.1) is 11.7 Å². The van der Waals surface area contributed by atoms with Crippen molar-refractivity contribution in [3.63, 3.8) is 0 Å². The van der Waals surface area contributed by atoms with Crippen molar-refractivity contribution < 1.29 is 35.5 Å². The summed E-state index contributed by atoms with van der Waals surface area (Å²) in [5, 5.41) is 6.10. The normalized spacial score (nSPS) is 15.9. The van der Waals surface area contributed by atoms with Gasteiger partial charge in [-0.3, -0.25) is 0 Å². The Balaban J connectivity index is 1.68. The van der Waals surface area contributed by atoms with Crippen molar-refractivity contribution in [3.8, 4) is 0 Å². The minimum atomic E-state index is -4.91. The molecule has 0 saturated carbocycles. The lowest BCUT2D eigenvalue weighted by molar-refractivity contribution is -0.142. The van der Waals surface area contributed by atoms with E-state index in [1.165, 1.54) is 29.2 Å². The molecule has 0 radical (unpaired) electrons. The number of hydrogen-bond donors (Lipinski definition) is 2. The number of amides is 2. The molecule has 1 fully saturated rings. The third-order valence-electron chi connectivity index (χ3n) is 5.60. The molecule has 2 amide bonds. The molecule has 34 heavy (non-hydrogen) atoms. The minimum absolute atomic E-state index is 0.0411. The van der Waals surface area contributed by atoms with Gasteiger partial charge in [0, 0.05) is 43.6 Å². The van der Waals surface area contributed by atoms with Crippen molar-refractivity contribution in [2.45, 2.75) is 18.3 Å². The summed E-state index contributed by atoms with van der Waals surface area (Å²) >= 11 is 0. The largest absolute Gasteiger partial charge is 0.435 e. The Hall–Kier alpha value is -3.58. The number of primary amides is 1. The van der Waals surface area contributed by atoms with Crippen LogP contribution >= 0.6 is 0 Å². The quantitative estimate of drug-likeness (QED) is 0.527. The first kappa shape index (κ1) is 23.6. The molecule has 4 rings (SSSR count). The first-order chi connectivity index (χ1) is 15.8. The van der Waals surface area contributed by atoms with E-state index in [1.807, 2.05) is 0 Å². The van der Waals surface area contributed by atoms with Crippen LogP contribution in [0.3, 0.4) is 0 Å². The van der Waals surface area contributed by atoms with Crippen molar-refractivity contribution in [1.82, 2.24) is 19.5 Å². The molecular formula is C20H17F7N6O. The summed E-state index contributed by atoms with van der Waals surface area (Å²) in [6.07, 6.45) is -9.79. The molecule has 182 valence electrons.